The summed E-state index contributed by atoms with van der Waals surface area (Å²) < 4.78 is 27.9. The van der Waals surface area contributed by atoms with Crippen LogP contribution in [0.15, 0.2) is 41.3 Å². The van der Waals surface area contributed by atoms with Crippen molar-refractivity contribution in [2.75, 3.05) is 7.11 Å². The summed E-state index contributed by atoms with van der Waals surface area (Å²) in [6.45, 7) is 0. The van der Waals surface area contributed by atoms with Crippen molar-refractivity contribution in [3.63, 3.8) is 0 Å². The number of halogens is 2. The molecule has 2 rings (SSSR count). The number of carbonyl (C=O) groups excluding carboxylic acids is 2. The zero-order chi connectivity index (χ0) is 19.5. The molecule has 0 unspecified atom stereocenters. The standard InChI is InChI=1S/C15H13Cl2N3O5S/c1-25-13-5-3-9(26(18,23)24)7-11(13)15(22)20-19-14(21)10-6-8(16)2-4-12(10)17/h2-7H,1H3,(H,19,21)(H,20,22)(H2,18,23,24). The van der Waals surface area contributed by atoms with Crippen LogP contribution in [0.3, 0.4) is 0 Å². The van der Waals surface area contributed by atoms with E-state index in [1.807, 2.05) is 0 Å². The Morgan fingerprint density at radius 3 is 2.19 bits per heavy atom. The van der Waals surface area contributed by atoms with Crippen LogP contribution in [0.2, 0.25) is 10.0 Å². The highest BCUT2D eigenvalue weighted by Crippen LogP contribution is 2.22. The lowest BCUT2D eigenvalue weighted by Gasteiger charge is -2.12. The summed E-state index contributed by atoms with van der Waals surface area (Å²) >= 11 is 11.7. The SMILES string of the molecule is COc1ccc(S(N)(=O)=O)cc1C(=O)NNC(=O)c1cc(Cl)ccc1Cl. The van der Waals surface area contributed by atoms with Gasteiger partial charge in [-0.3, -0.25) is 20.4 Å². The van der Waals surface area contributed by atoms with Crippen LogP contribution in [-0.2, 0) is 10.0 Å². The molecule has 2 aromatic carbocycles. The number of hydrogen-bond acceptors (Lipinski definition) is 5. The third-order valence-electron chi connectivity index (χ3n) is 3.21. The summed E-state index contributed by atoms with van der Waals surface area (Å²) in [4.78, 5) is 24.1. The van der Waals surface area contributed by atoms with E-state index in [4.69, 9.17) is 33.1 Å². The lowest BCUT2D eigenvalue weighted by molar-refractivity contribution is 0.0845. The van der Waals surface area contributed by atoms with Crippen molar-refractivity contribution in [3.8, 4) is 5.75 Å². The van der Waals surface area contributed by atoms with E-state index in [9.17, 15) is 18.0 Å². The van der Waals surface area contributed by atoms with E-state index in [-0.39, 0.29) is 31.8 Å². The Morgan fingerprint density at radius 2 is 1.62 bits per heavy atom. The van der Waals surface area contributed by atoms with Gasteiger partial charge in [0.1, 0.15) is 5.75 Å². The number of hydrogen-bond donors (Lipinski definition) is 3. The summed E-state index contributed by atoms with van der Waals surface area (Å²) in [5.74, 6) is -1.45. The van der Waals surface area contributed by atoms with Gasteiger partial charge in [-0.25, -0.2) is 13.6 Å². The van der Waals surface area contributed by atoms with E-state index in [1.54, 1.807) is 0 Å². The molecule has 0 aliphatic rings. The molecule has 8 nitrogen and oxygen atoms in total. The minimum absolute atomic E-state index is 0.0460. The van der Waals surface area contributed by atoms with Crippen LogP contribution in [0, 0.1) is 0 Å². The smallest absolute Gasteiger partial charge is 0.273 e. The normalized spacial score (nSPS) is 10.9. The maximum absolute atomic E-state index is 12.3. The Morgan fingerprint density at radius 1 is 1.00 bits per heavy atom. The zero-order valence-corrected chi connectivity index (χ0v) is 15.6. The topological polar surface area (TPSA) is 128 Å². The summed E-state index contributed by atoms with van der Waals surface area (Å²) in [6, 6.07) is 7.75. The maximum atomic E-state index is 12.3. The fraction of sp³-hybridized carbons (Fsp3) is 0.0667. The molecule has 0 spiro atoms. The van der Waals surface area contributed by atoms with Crippen molar-refractivity contribution >= 4 is 45.0 Å². The van der Waals surface area contributed by atoms with Gasteiger partial charge in [0.15, 0.2) is 0 Å². The third-order valence-corrected chi connectivity index (χ3v) is 4.68. The Kier molecular flexibility index (Phi) is 6.09. The van der Waals surface area contributed by atoms with Crippen molar-refractivity contribution in [2.24, 2.45) is 5.14 Å². The highest BCUT2D eigenvalue weighted by Gasteiger charge is 2.18. The number of rotatable bonds is 4. The second-order valence-corrected chi connectivity index (χ2v) is 7.34. The molecule has 0 saturated heterocycles. The molecule has 0 bridgehead atoms. The molecule has 26 heavy (non-hydrogen) atoms. The fourth-order valence-electron chi connectivity index (χ4n) is 1.96. The van der Waals surface area contributed by atoms with Gasteiger partial charge in [0.05, 0.1) is 28.2 Å². The summed E-state index contributed by atoms with van der Waals surface area (Å²) in [5.41, 5.74) is 4.20. The predicted molar refractivity (Wildman–Crippen MR) is 95.8 cm³/mol. The molecule has 0 atom stereocenters. The van der Waals surface area contributed by atoms with Gasteiger partial charge >= 0.3 is 0 Å². The van der Waals surface area contributed by atoms with Crippen LogP contribution in [-0.4, -0.2) is 27.3 Å². The number of ether oxygens (including phenoxy) is 1. The Hall–Kier alpha value is -2.33. The quantitative estimate of drug-likeness (QED) is 0.652. The van der Waals surface area contributed by atoms with Crippen LogP contribution < -0.4 is 20.7 Å². The largest absolute Gasteiger partial charge is 0.496 e. The first kappa shape index (κ1) is 20.0. The average molecular weight is 418 g/mol. The lowest BCUT2D eigenvalue weighted by Crippen LogP contribution is -2.42. The lowest BCUT2D eigenvalue weighted by atomic mass is 10.2. The Balaban J connectivity index is 2.22. The van der Waals surface area contributed by atoms with E-state index in [2.05, 4.69) is 10.9 Å². The molecule has 11 heteroatoms. The van der Waals surface area contributed by atoms with E-state index in [1.165, 1.54) is 37.4 Å². The summed E-state index contributed by atoms with van der Waals surface area (Å²) in [7, 11) is -2.72. The molecule has 4 N–H and O–H groups in total. The number of sulfonamides is 1. The molecule has 138 valence electrons. The van der Waals surface area contributed by atoms with Crippen molar-refractivity contribution in [1.82, 2.24) is 10.9 Å². The molecular formula is C15H13Cl2N3O5S. The third kappa shape index (κ3) is 4.64. The van der Waals surface area contributed by atoms with Gasteiger partial charge < -0.3 is 4.74 Å². The van der Waals surface area contributed by atoms with E-state index >= 15 is 0 Å². The second-order valence-electron chi connectivity index (χ2n) is 4.94. The van der Waals surface area contributed by atoms with E-state index in [0.29, 0.717) is 0 Å². The molecule has 0 heterocycles. The second kappa shape index (κ2) is 7.92. The van der Waals surface area contributed by atoms with Gasteiger partial charge in [-0.15, -0.1) is 0 Å². The Labute approximate surface area is 159 Å². The first-order valence-electron chi connectivity index (χ1n) is 6.90. The van der Waals surface area contributed by atoms with Crippen LogP contribution in [0.1, 0.15) is 20.7 Å². The first-order valence-corrected chi connectivity index (χ1v) is 9.20. The fourth-order valence-corrected chi connectivity index (χ4v) is 2.88. The van der Waals surface area contributed by atoms with Crippen molar-refractivity contribution in [3.05, 3.63) is 57.6 Å². The Bertz CT molecular complexity index is 979. The number of nitrogens with two attached hydrogens (primary N) is 1. The van der Waals surface area contributed by atoms with Gasteiger partial charge in [-0.05, 0) is 36.4 Å². The molecule has 0 radical (unpaired) electrons. The van der Waals surface area contributed by atoms with Crippen LogP contribution in [0.5, 0.6) is 5.75 Å². The number of benzene rings is 2. The van der Waals surface area contributed by atoms with Gasteiger partial charge in [0.25, 0.3) is 11.8 Å². The summed E-state index contributed by atoms with van der Waals surface area (Å²) in [5, 5.41) is 5.47. The predicted octanol–water partition coefficient (Wildman–Crippen LogP) is 1.72. The highest BCUT2D eigenvalue weighted by atomic mass is 35.5. The number of hydrazine groups is 1. The molecule has 0 aliphatic heterocycles. The molecule has 0 saturated carbocycles. The van der Waals surface area contributed by atoms with Gasteiger partial charge in [-0.2, -0.15) is 0 Å². The van der Waals surface area contributed by atoms with Crippen molar-refractivity contribution < 1.29 is 22.7 Å². The van der Waals surface area contributed by atoms with Crippen molar-refractivity contribution in [2.45, 2.75) is 4.90 Å². The maximum Gasteiger partial charge on any atom is 0.273 e. The number of carbonyl (C=O) groups is 2. The molecular weight excluding hydrogens is 405 g/mol. The monoisotopic (exact) mass is 417 g/mol. The average Bonchev–Trinajstić information content (AvgIpc) is 2.60. The zero-order valence-electron chi connectivity index (χ0n) is 13.2. The van der Waals surface area contributed by atoms with Gasteiger partial charge in [0.2, 0.25) is 10.0 Å². The minimum atomic E-state index is -4.02. The molecule has 0 aliphatic carbocycles. The number of amides is 2. The number of primary sulfonamides is 1. The van der Waals surface area contributed by atoms with Crippen molar-refractivity contribution in [1.29, 1.82) is 0 Å². The van der Waals surface area contributed by atoms with Gasteiger partial charge in [-0.1, -0.05) is 23.2 Å². The molecule has 2 amide bonds. The highest BCUT2D eigenvalue weighted by molar-refractivity contribution is 7.89. The van der Waals surface area contributed by atoms with Crippen LogP contribution in [0.4, 0.5) is 0 Å². The molecule has 2 aromatic rings. The molecule has 0 fully saturated rings. The number of methoxy groups -OCH3 is 1. The first-order chi connectivity index (χ1) is 12.1. The summed E-state index contributed by atoms with van der Waals surface area (Å²) in [6.07, 6.45) is 0. The number of nitrogens with one attached hydrogen (secondary N) is 2. The van der Waals surface area contributed by atoms with Crippen LogP contribution in [0.25, 0.3) is 0 Å². The van der Waals surface area contributed by atoms with Gasteiger partial charge in [0, 0.05) is 5.02 Å². The van der Waals surface area contributed by atoms with Crippen LogP contribution >= 0.6 is 23.2 Å². The van der Waals surface area contributed by atoms with E-state index in [0.717, 1.165) is 6.07 Å². The minimum Gasteiger partial charge on any atom is -0.496 e. The van der Waals surface area contributed by atoms with E-state index < -0.39 is 21.8 Å². The molecule has 0 aromatic heterocycles.